The Balaban J connectivity index is 1.84. The van der Waals surface area contributed by atoms with Crippen molar-refractivity contribution in [1.82, 2.24) is 4.98 Å². The van der Waals surface area contributed by atoms with Gasteiger partial charge >= 0.3 is 0 Å². The molecule has 0 bridgehead atoms. The lowest BCUT2D eigenvalue weighted by Crippen LogP contribution is -2.11. The summed E-state index contributed by atoms with van der Waals surface area (Å²) in [4.78, 5) is 17.6. The van der Waals surface area contributed by atoms with Crippen molar-refractivity contribution >= 4 is 34.5 Å². The second kappa shape index (κ2) is 7.36. The normalized spacial score (nSPS) is 12.0. The van der Waals surface area contributed by atoms with Crippen LogP contribution >= 0.6 is 22.7 Å². The van der Waals surface area contributed by atoms with Crippen LogP contribution in [0.4, 0.5) is 0 Å². The first-order valence-electron chi connectivity index (χ1n) is 8.15. The van der Waals surface area contributed by atoms with Gasteiger partial charge < -0.3 is 0 Å². The van der Waals surface area contributed by atoms with E-state index >= 15 is 0 Å². The number of nitriles is 1. The average Bonchev–Trinajstić information content (AvgIpc) is 3.30. The first kappa shape index (κ1) is 18.2. The summed E-state index contributed by atoms with van der Waals surface area (Å²) < 4.78 is 0. The zero-order valence-corrected chi connectivity index (χ0v) is 16.4. The van der Waals surface area contributed by atoms with Gasteiger partial charge in [-0.15, -0.1) is 22.7 Å². The monoisotopic (exact) mass is 378 g/mol. The molecule has 3 aromatic rings. The van der Waals surface area contributed by atoms with Crippen LogP contribution in [-0.2, 0) is 5.41 Å². The highest BCUT2D eigenvalue weighted by Crippen LogP contribution is 2.30. The Morgan fingerprint density at radius 3 is 2.42 bits per heavy atom. The summed E-state index contributed by atoms with van der Waals surface area (Å²) in [5.41, 5.74) is 3.11. The van der Waals surface area contributed by atoms with E-state index in [-0.39, 0.29) is 16.8 Å². The van der Waals surface area contributed by atoms with Crippen molar-refractivity contribution in [1.29, 1.82) is 5.26 Å². The second-order valence-corrected chi connectivity index (χ2v) is 8.69. The largest absolute Gasteiger partial charge is 0.287 e. The van der Waals surface area contributed by atoms with Crippen LogP contribution in [0.2, 0.25) is 0 Å². The number of thiazole rings is 1. The number of nitrogens with zero attached hydrogens (tertiary/aromatic N) is 2. The predicted molar refractivity (Wildman–Crippen MR) is 108 cm³/mol. The molecule has 0 saturated carbocycles. The van der Waals surface area contributed by atoms with E-state index in [1.807, 2.05) is 41.8 Å². The van der Waals surface area contributed by atoms with Crippen LogP contribution in [-0.4, -0.2) is 10.8 Å². The number of Topliss-reactive ketones (excluding diaryl/α,β-unsaturated/α-hetero) is 1. The zero-order chi connectivity index (χ0) is 18.7. The Labute approximate surface area is 161 Å². The molecule has 0 aliphatic heterocycles. The van der Waals surface area contributed by atoms with Gasteiger partial charge in [0.1, 0.15) is 16.6 Å². The van der Waals surface area contributed by atoms with Crippen LogP contribution in [0.5, 0.6) is 0 Å². The quantitative estimate of drug-likeness (QED) is 0.320. The molecule has 3 nitrogen and oxygen atoms in total. The third-order valence-electron chi connectivity index (χ3n) is 3.85. The van der Waals surface area contributed by atoms with Gasteiger partial charge in [-0.1, -0.05) is 51.1 Å². The Kier molecular flexibility index (Phi) is 5.17. The number of hydrogen-bond donors (Lipinski definition) is 0. The Morgan fingerprint density at radius 2 is 1.88 bits per heavy atom. The van der Waals surface area contributed by atoms with Crippen LogP contribution < -0.4 is 0 Å². The second-order valence-electron chi connectivity index (χ2n) is 6.89. The highest BCUT2D eigenvalue weighted by molar-refractivity contribution is 7.13. The van der Waals surface area contributed by atoms with Crippen molar-refractivity contribution < 1.29 is 4.79 Å². The molecule has 3 rings (SSSR count). The van der Waals surface area contributed by atoms with Crippen molar-refractivity contribution in [3.63, 3.8) is 0 Å². The molecule has 2 heterocycles. The first-order chi connectivity index (χ1) is 12.4. The maximum Gasteiger partial charge on any atom is 0.213 e. The number of carbonyl (C=O) groups excluding carboxylic acids is 1. The van der Waals surface area contributed by atoms with Gasteiger partial charge in [0, 0.05) is 16.4 Å². The van der Waals surface area contributed by atoms with E-state index in [2.05, 4.69) is 26.2 Å². The summed E-state index contributed by atoms with van der Waals surface area (Å²) in [6.45, 7) is 6.44. The van der Waals surface area contributed by atoms with Crippen molar-refractivity contribution in [2.45, 2.75) is 26.2 Å². The molecule has 0 amide bonds. The fourth-order valence-electron chi connectivity index (χ4n) is 2.33. The van der Waals surface area contributed by atoms with E-state index in [1.165, 1.54) is 11.3 Å². The van der Waals surface area contributed by atoms with Crippen molar-refractivity contribution in [3.05, 3.63) is 68.9 Å². The third-order valence-corrected chi connectivity index (χ3v) is 5.61. The minimum atomic E-state index is -0.235. The Bertz CT molecular complexity index is 982. The maximum absolute atomic E-state index is 12.3. The Hall–Kier alpha value is -2.55. The standard InChI is InChI=1S/C21H18N2OS2/c1-21(2,3)18-13-26-20(23-18)15-8-6-14(7-9-15)11-16(12-22)19(24)17-5-4-10-25-17/h4-11,13H,1-3H3/b16-11-. The van der Waals surface area contributed by atoms with Gasteiger partial charge in [-0.25, -0.2) is 4.98 Å². The van der Waals surface area contributed by atoms with Crippen molar-refractivity contribution in [2.75, 3.05) is 0 Å². The lowest BCUT2D eigenvalue weighted by molar-refractivity contribution is 0.104. The van der Waals surface area contributed by atoms with E-state index in [9.17, 15) is 10.1 Å². The molecule has 0 spiro atoms. The number of rotatable bonds is 4. The van der Waals surface area contributed by atoms with Crippen LogP contribution in [0, 0.1) is 11.3 Å². The van der Waals surface area contributed by atoms with Crippen LogP contribution in [0.1, 0.15) is 41.7 Å². The minimum Gasteiger partial charge on any atom is -0.287 e. The van der Waals surface area contributed by atoms with Gasteiger partial charge in [0.2, 0.25) is 5.78 Å². The smallest absolute Gasteiger partial charge is 0.213 e. The molecule has 130 valence electrons. The summed E-state index contributed by atoms with van der Waals surface area (Å²) in [6.07, 6.45) is 1.63. The topological polar surface area (TPSA) is 53.8 Å². The van der Waals surface area contributed by atoms with E-state index in [0.29, 0.717) is 4.88 Å². The van der Waals surface area contributed by atoms with Crippen molar-refractivity contribution in [3.8, 4) is 16.6 Å². The highest BCUT2D eigenvalue weighted by atomic mass is 32.1. The molecule has 5 heteroatoms. The van der Waals surface area contributed by atoms with Gasteiger partial charge in [-0.3, -0.25) is 4.79 Å². The maximum atomic E-state index is 12.3. The van der Waals surface area contributed by atoms with Crippen LogP contribution in [0.25, 0.3) is 16.6 Å². The molecule has 0 saturated heterocycles. The fraction of sp³-hybridized carbons (Fsp3) is 0.190. The van der Waals surface area contributed by atoms with E-state index in [0.717, 1.165) is 21.8 Å². The number of carbonyl (C=O) groups is 1. The summed E-state index contributed by atoms with van der Waals surface area (Å²) >= 11 is 2.97. The molecule has 0 fully saturated rings. The zero-order valence-electron chi connectivity index (χ0n) is 14.8. The SMILES string of the molecule is CC(C)(C)c1csc(-c2ccc(/C=C(/C#N)C(=O)c3cccs3)cc2)n1. The van der Waals surface area contributed by atoms with Gasteiger partial charge in [0.25, 0.3) is 0 Å². The fourth-order valence-corrected chi connectivity index (χ4v) is 4.06. The molecule has 2 aromatic heterocycles. The number of benzene rings is 1. The molecule has 0 unspecified atom stereocenters. The molecule has 0 aliphatic carbocycles. The van der Waals surface area contributed by atoms with Gasteiger partial charge in [-0.05, 0) is 23.1 Å². The van der Waals surface area contributed by atoms with E-state index in [1.54, 1.807) is 23.5 Å². The molecule has 1 aromatic carbocycles. The van der Waals surface area contributed by atoms with Crippen LogP contribution in [0.3, 0.4) is 0 Å². The highest BCUT2D eigenvalue weighted by Gasteiger charge is 2.18. The molecule has 26 heavy (non-hydrogen) atoms. The van der Waals surface area contributed by atoms with Gasteiger partial charge in [0.15, 0.2) is 0 Å². The number of aromatic nitrogens is 1. The lowest BCUT2D eigenvalue weighted by Gasteiger charge is -2.14. The minimum absolute atomic E-state index is 0.0290. The number of allylic oxidation sites excluding steroid dienone is 1. The molecular weight excluding hydrogens is 360 g/mol. The first-order valence-corrected chi connectivity index (χ1v) is 9.91. The molecule has 0 radical (unpaired) electrons. The average molecular weight is 379 g/mol. The number of thiophene rings is 1. The summed E-state index contributed by atoms with van der Waals surface area (Å²) in [5.74, 6) is -0.235. The summed E-state index contributed by atoms with van der Waals surface area (Å²) in [6, 6.07) is 13.3. The lowest BCUT2D eigenvalue weighted by atomic mass is 9.93. The molecule has 0 N–H and O–H groups in total. The summed E-state index contributed by atoms with van der Waals surface area (Å²) in [5, 5.41) is 14.2. The van der Waals surface area contributed by atoms with Crippen molar-refractivity contribution in [2.24, 2.45) is 0 Å². The predicted octanol–water partition coefficient (Wildman–Crippen LogP) is 5.96. The molecule has 0 aliphatic rings. The molecular formula is C21H18N2OS2. The summed E-state index contributed by atoms with van der Waals surface area (Å²) in [7, 11) is 0. The van der Waals surface area contributed by atoms with Crippen LogP contribution in [0.15, 0.2) is 52.7 Å². The number of ketones is 1. The Morgan fingerprint density at radius 1 is 1.15 bits per heavy atom. The number of hydrogen-bond acceptors (Lipinski definition) is 5. The van der Waals surface area contributed by atoms with E-state index < -0.39 is 0 Å². The molecule has 0 atom stereocenters. The van der Waals surface area contributed by atoms with E-state index in [4.69, 9.17) is 4.98 Å². The third kappa shape index (κ3) is 3.98. The van der Waals surface area contributed by atoms with Gasteiger partial charge in [0.05, 0.1) is 10.6 Å². The van der Waals surface area contributed by atoms with Gasteiger partial charge in [-0.2, -0.15) is 5.26 Å².